The maximum atomic E-state index is 10.8. The molecule has 0 amide bonds. The van der Waals surface area contributed by atoms with Gasteiger partial charge in [0.2, 0.25) is 5.78 Å². The van der Waals surface area contributed by atoms with Crippen LogP contribution in [-0.2, 0) is 0 Å². The second-order valence-electron chi connectivity index (χ2n) is 2.16. The van der Waals surface area contributed by atoms with E-state index in [9.17, 15) is 4.79 Å². The Morgan fingerprint density at radius 3 is 2.13 bits per heavy atom. The molecule has 0 unspecified atom stereocenters. The Morgan fingerprint density at radius 1 is 1.27 bits per heavy atom. The number of carbonyl (C=O) groups is 1. The van der Waals surface area contributed by atoms with Crippen molar-refractivity contribution in [3.63, 3.8) is 0 Å². The summed E-state index contributed by atoms with van der Waals surface area (Å²) in [5.41, 5.74) is 1.34. The topological polar surface area (TPSA) is 30.0 Å². The van der Waals surface area contributed by atoms with Crippen LogP contribution in [-0.4, -0.2) is 10.8 Å². The van der Waals surface area contributed by atoms with Crippen molar-refractivity contribution in [1.82, 2.24) is 4.98 Å². The molecule has 1 heterocycles. The molecule has 0 aliphatic rings. The van der Waals surface area contributed by atoms with Crippen LogP contribution in [0.4, 0.5) is 0 Å². The third-order valence-electron chi connectivity index (χ3n) is 1.30. The van der Waals surface area contributed by atoms with Crippen LogP contribution in [0.1, 0.15) is 43.7 Å². The molecule has 2 heteroatoms. The lowest BCUT2D eigenvalue weighted by Gasteiger charge is -1.92. The molecule has 1 aromatic rings. The van der Waals surface area contributed by atoms with Gasteiger partial charge < -0.3 is 0 Å². The van der Waals surface area contributed by atoms with Crippen molar-refractivity contribution in [2.75, 3.05) is 0 Å². The number of hydrogen-bond acceptors (Lipinski definition) is 2. The minimum atomic E-state index is -0.322. The fourth-order valence-electron chi connectivity index (χ4n) is 0.685. The molecule has 0 atom stereocenters. The molecule has 82 valence electrons. The first-order valence-electron chi connectivity index (χ1n) is 5.17. The summed E-state index contributed by atoms with van der Waals surface area (Å²) < 4.78 is 0. The van der Waals surface area contributed by atoms with Gasteiger partial charge in [-0.25, -0.2) is 0 Å². The quantitative estimate of drug-likeness (QED) is 0.400. The lowest BCUT2D eigenvalue weighted by atomic mass is 10.2. The first kappa shape index (κ1) is 15.8. The highest BCUT2D eigenvalue weighted by Crippen LogP contribution is 1.98. The predicted octanol–water partition coefficient (Wildman–Crippen LogP) is 3.26. The molecule has 0 saturated heterocycles. The van der Waals surface area contributed by atoms with Gasteiger partial charge in [-0.2, -0.15) is 0 Å². The molecule has 1 aromatic heterocycles. The summed E-state index contributed by atoms with van der Waals surface area (Å²) in [6.07, 6.45) is 6.40. The zero-order chi connectivity index (χ0) is 12.3. The molecule has 0 aliphatic carbocycles. The minimum Gasteiger partial charge on any atom is -0.279 e. The van der Waals surface area contributed by atoms with E-state index in [0.717, 1.165) is 5.69 Å². The summed E-state index contributed by atoms with van der Waals surface area (Å²) in [5, 5.41) is 0. The summed E-state index contributed by atoms with van der Waals surface area (Å²) in [4.78, 5) is 14.8. The Morgan fingerprint density at radius 2 is 1.80 bits per heavy atom. The number of aromatic nitrogens is 1. The first-order valence-corrected chi connectivity index (χ1v) is 5.17. The summed E-state index contributed by atoms with van der Waals surface area (Å²) in [7, 11) is 0. The summed E-state index contributed by atoms with van der Waals surface area (Å²) in [5.74, 6) is 1.70. The van der Waals surface area contributed by atoms with Crippen LogP contribution >= 0.6 is 0 Å². The number of nitrogens with zero attached hydrogens (tertiary/aromatic N) is 1. The number of aryl methyl sites for hydroxylation is 1. The van der Waals surface area contributed by atoms with Crippen LogP contribution in [0.5, 0.6) is 0 Å². The largest absolute Gasteiger partial charge is 0.279 e. The van der Waals surface area contributed by atoms with E-state index in [4.69, 9.17) is 6.42 Å². The summed E-state index contributed by atoms with van der Waals surface area (Å²) in [6, 6.07) is 3.43. The van der Waals surface area contributed by atoms with Gasteiger partial charge in [0.25, 0.3) is 0 Å². The van der Waals surface area contributed by atoms with Gasteiger partial charge in [0, 0.05) is 17.5 Å². The van der Waals surface area contributed by atoms with Crippen LogP contribution in [0.2, 0.25) is 0 Å². The number of pyridine rings is 1. The van der Waals surface area contributed by atoms with E-state index in [1.807, 2.05) is 40.5 Å². The van der Waals surface area contributed by atoms with Crippen molar-refractivity contribution in [3.8, 4) is 12.3 Å². The van der Waals surface area contributed by atoms with Gasteiger partial charge in [0.05, 0.1) is 0 Å². The smallest absolute Gasteiger partial charge is 0.237 e. The van der Waals surface area contributed by atoms with E-state index < -0.39 is 0 Å². The minimum absolute atomic E-state index is 0.322. The molecule has 0 bridgehead atoms. The second kappa shape index (κ2) is 10.5. The Bertz CT molecular complexity index is 306. The maximum Gasteiger partial charge on any atom is 0.237 e. The van der Waals surface area contributed by atoms with E-state index in [0.29, 0.717) is 5.56 Å². The van der Waals surface area contributed by atoms with Gasteiger partial charge in [-0.1, -0.05) is 27.7 Å². The number of rotatable bonds is 1. The van der Waals surface area contributed by atoms with Crippen molar-refractivity contribution in [1.29, 1.82) is 0 Å². The number of ketones is 1. The monoisotopic (exact) mass is 205 g/mol. The highest BCUT2D eigenvalue weighted by atomic mass is 16.1. The van der Waals surface area contributed by atoms with Gasteiger partial charge in [0.1, 0.15) is 0 Å². The van der Waals surface area contributed by atoms with Gasteiger partial charge in [-0.05, 0) is 25.0 Å². The lowest BCUT2D eigenvalue weighted by molar-refractivity contribution is 0.105. The first-order chi connectivity index (χ1) is 7.24. The highest BCUT2D eigenvalue weighted by Gasteiger charge is 1.99. The Hall–Kier alpha value is -1.62. The molecule has 0 spiro atoms. The van der Waals surface area contributed by atoms with E-state index in [2.05, 4.69) is 4.98 Å². The molecule has 2 nitrogen and oxygen atoms in total. The van der Waals surface area contributed by atoms with Crippen LogP contribution in [0.25, 0.3) is 0 Å². The molecule has 0 saturated carbocycles. The maximum absolute atomic E-state index is 10.8. The van der Waals surface area contributed by atoms with E-state index >= 15 is 0 Å². The molecule has 15 heavy (non-hydrogen) atoms. The van der Waals surface area contributed by atoms with Crippen molar-refractivity contribution in [3.05, 3.63) is 29.6 Å². The van der Waals surface area contributed by atoms with Gasteiger partial charge in [-0.3, -0.25) is 9.78 Å². The fraction of sp³-hybridized carbons (Fsp3) is 0.385. The zero-order valence-corrected chi connectivity index (χ0v) is 10.2. The number of terminal acetylenes is 1. The van der Waals surface area contributed by atoms with Crippen LogP contribution in [0.3, 0.4) is 0 Å². The average molecular weight is 205 g/mol. The highest BCUT2D eigenvalue weighted by molar-refractivity contribution is 6.08. The molecule has 0 N–H and O–H groups in total. The van der Waals surface area contributed by atoms with Crippen LogP contribution < -0.4 is 0 Å². The standard InChI is InChI=1S/C9H7NO.2C2H6/c1-3-9(11)8-5-4-7(2)10-6-8;2*1-2/h1,4-6H,2H3;2*1-2H3. The van der Waals surface area contributed by atoms with Gasteiger partial charge in [0.15, 0.2) is 0 Å². The molecular formula is C13H19NO. The summed E-state index contributed by atoms with van der Waals surface area (Å²) in [6.45, 7) is 9.85. The summed E-state index contributed by atoms with van der Waals surface area (Å²) >= 11 is 0. The predicted molar refractivity (Wildman–Crippen MR) is 64.8 cm³/mol. The molecular weight excluding hydrogens is 186 g/mol. The van der Waals surface area contributed by atoms with E-state index in [1.54, 1.807) is 12.1 Å². The number of Topliss-reactive ketones (excluding diaryl/α,β-unsaturated/α-hetero) is 1. The number of carbonyl (C=O) groups excluding carboxylic acids is 1. The van der Waals surface area contributed by atoms with Crippen molar-refractivity contribution >= 4 is 5.78 Å². The van der Waals surface area contributed by atoms with Crippen molar-refractivity contribution in [2.45, 2.75) is 34.6 Å². The third-order valence-corrected chi connectivity index (χ3v) is 1.30. The van der Waals surface area contributed by atoms with Crippen LogP contribution in [0.15, 0.2) is 18.3 Å². The fourth-order valence-corrected chi connectivity index (χ4v) is 0.685. The van der Waals surface area contributed by atoms with Gasteiger partial charge in [-0.15, -0.1) is 6.42 Å². The Labute approximate surface area is 92.7 Å². The second-order valence-corrected chi connectivity index (χ2v) is 2.16. The van der Waals surface area contributed by atoms with Crippen molar-refractivity contribution in [2.24, 2.45) is 0 Å². The Kier molecular flexibility index (Phi) is 11.0. The van der Waals surface area contributed by atoms with E-state index in [-0.39, 0.29) is 5.78 Å². The number of hydrogen-bond donors (Lipinski definition) is 0. The molecule has 0 aromatic carbocycles. The average Bonchev–Trinajstić information content (AvgIpc) is 2.34. The zero-order valence-electron chi connectivity index (χ0n) is 10.2. The van der Waals surface area contributed by atoms with Crippen LogP contribution in [0, 0.1) is 19.3 Å². The Balaban J connectivity index is 0. The lowest BCUT2D eigenvalue weighted by Crippen LogP contribution is -1.95. The SMILES string of the molecule is C#CC(=O)c1ccc(C)nc1.CC.CC. The normalized spacial score (nSPS) is 7.20. The molecule has 0 radical (unpaired) electrons. The molecule has 0 fully saturated rings. The van der Waals surface area contributed by atoms with E-state index in [1.165, 1.54) is 6.20 Å². The van der Waals surface area contributed by atoms with Crippen molar-refractivity contribution < 1.29 is 4.79 Å². The molecule has 0 aliphatic heterocycles. The molecule has 1 rings (SSSR count). The van der Waals surface area contributed by atoms with Gasteiger partial charge >= 0.3 is 0 Å². The third kappa shape index (κ3) is 6.45.